The number of nitrogens with one attached hydrogen (secondary N) is 2. The number of anilines is 2. The predicted molar refractivity (Wildman–Crippen MR) is 189 cm³/mol. The van der Waals surface area contributed by atoms with Crippen molar-refractivity contribution in [1.29, 1.82) is 0 Å². The average molecular weight is 665 g/mol. The molecular weight excluding hydrogens is 625 g/mol. The summed E-state index contributed by atoms with van der Waals surface area (Å²) in [5, 5.41) is 14.3. The SMILES string of the molecule is CS(=O)(=O)Nc1cc(C(O)CN(CCc2ccnc(CC(=O)Nc3ccccc3)c2)Cc2ccccc2)ccc1OCc1ccccc1. The van der Waals surface area contributed by atoms with Gasteiger partial charge in [0.15, 0.2) is 0 Å². The standard InChI is InChI=1S/C38H40N4O5S/c1-48(45,46)41-35-24-32(17-18-37(35)47-28-31-13-7-3-8-14-31)36(43)27-42(26-30-11-5-2-6-12-30)22-20-29-19-21-39-34(23-29)25-38(44)40-33-15-9-4-10-16-33/h2-19,21,23-24,36,41,43H,20,22,25-28H2,1H3,(H,40,44). The highest BCUT2D eigenvalue weighted by atomic mass is 32.2. The van der Waals surface area contributed by atoms with Gasteiger partial charge in [-0.25, -0.2) is 8.42 Å². The van der Waals surface area contributed by atoms with Gasteiger partial charge in [0, 0.05) is 37.2 Å². The van der Waals surface area contributed by atoms with E-state index in [9.17, 15) is 18.3 Å². The summed E-state index contributed by atoms with van der Waals surface area (Å²) >= 11 is 0. The Kier molecular flexibility index (Phi) is 11.9. The van der Waals surface area contributed by atoms with Crippen LogP contribution in [0.5, 0.6) is 5.75 Å². The number of hydrogen-bond acceptors (Lipinski definition) is 7. The molecule has 48 heavy (non-hydrogen) atoms. The summed E-state index contributed by atoms with van der Waals surface area (Å²) in [5.41, 5.74) is 5.31. The molecule has 0 radical (unpaired) electrons. The molecule has 248 valence electrons. The van der Waals surface area contributed by atoms with Gasteiger partial charge in [-0.15, -0.1) is 0 Å². The second-order valence-electron chi connectivity index (χ2n) is 11.6. The molecule has 5 aromatic rings. The first kappa shape index (κ1) is 34.3. The van der Waals surface area contributed by atoms with Gasteiger partial charge in [0.25, 0.3) is 0 Å². The molecule has 0 spiro atoms. The lowest BCUT2D eigenvalue weighted by atomic mass is 10.1. The van der Waals surface area contributed by atoms with Gasteiger partial charge in [-0.05, 0) is 65.1 Å². The lowest BCUT2D eigenvalue weighted by Gasteiger charge is -2.26. The molecule has 0 saturated heterocycles. The number of ether oxygens (including phenoxy) is 1. The number of nitrogens with zero attached hydrogens (tertiary/aromatic N) is 2. The molecule has 1 heterocycles. The van der Waals surface area contributed by atoms with Gasteiger partial charge in [0.2, 0.25) is 15.9 Å². The van der Waals surface area contributed by atoms with Gasteiger partial charge < -0.3 is 15.2 Å². The molecule has 1 unspecified atom stereocenters. The van der Waals surface area contributed by atoms with Crippen LogP contribution in [-0.4, -0.2) is 48.7 Å². The monoisotopic (exact) mass is 664 g/mol. The maximum atomic E-state index is 12.6. The fourth-order valence-corrected chi connectivity index (χ4v) is 5.84. The van der Waals surface area contributed by atoms with E-state index in [1.165, 1.54) is 0 Å². The Morgan fingerprint density at radius 2 is 1.52 bits per heavy atom. The molecule has 10 heteroatoms. The maximum absolute atomic E-state index is 12.6. The molecule has 0 bridgehead atoms. The minimum atomic E-state index is -3.61. The number of sulfonamides is 1. The molecule has 0 aliphatic rings. The zero-order valence-corrected chi connectivity index (χ0v) is 27.6. The van der Waals surface area contributed by atoms with Crippen molar-refractivity contribution in [3.8, 4) is 5.75 Å². The average Bonchev–Trinajstić information content (AvgIpc) is 3.07. The van der Waals surface area contributed by atoms with E-state index in [1.54, 1.807) is 24.4 Å². The number of carbonyl (C=O) groups excluding carboxylic acids is 1. The van der Waals surface area contributed by atoms with Crippen LogP contribution >= 0.6 is 0 Å². The molecule has 0 aliphatic carbocycles. The van der Waals surface area contributed by atoms with E-state index in [2.05, 4.69) is 19.9 Å². The molecule has 1 atom stereocenters. The number of rotatable bonds is 16. The van der Waals surface area contributed by atoms with Gasteiger partial charge in [0.1, 0.15) is 12.4 Å². The lowest BCUT2D eigenvalue weighted by molar-refractivity contribution is -0.115. The van der Waals surface area contributed by atoms with Crippen molar-refractivity contribution < 1.29 is 23.1 Å². The van der Waals surface area contributed by atoms with Crippen LogP contribution in [0, 0.1) is 0 Å². The largest absolute Gasteiger partial charge is 0.487 e. The normalized spacial score (nSPS) is 12.0. The van der Waals surface area contributed by atoms with Crippen LogP contribution < -0.4 is 14.8 Å². The van der Waals surface area contributed by atoms with E-state index in [0.717, 1.165) is 28.6 Å². The molecule has 4 aromatic carbocycles. The van der Waals surface area contributed by atoms with Crippen LogP contribution in [0.25, 0.3) is 0 Å². The smallest absolute Gasteiger partial charge is 0.230 e. The fourth-order valence-electron chi connectivity index (χ4n) is 5.28. The van der Waals surface area contributed by atoms with Crippen molar-refractivity contribution in [3.05, 3.63) is 155 Å². The second-order valence-corrected chi connectivity index (χ2v) is 13.4. The first-order chi connectivity index (χ1) is 23.2. The highest BCUT2D eigenvalue weighted by molar-refractivity contribution is 7.92. The Morgan fingerprint density at radius 3 is 2.21 bits per heavy atom. The summed E-state index contributed by atoms with van der Waals surface area (Å²) in [4.78, 5) is 19.2. The number of amides is 1. The van der Waals surface area contributed by atoms with Gasteiger partial charge in [-0.2, -0.15) is 0 Å². The second kappa shape index (κ2) is 16.7. The number of aromatic nitrogens is 1. The van der Waals surface area contributed by atoms with Gasteiger partial charge in [0.05, 0.1) is 24.5 Å². The number of carbonyl (C=O) groups is 1. The summed E-state index contributed by atoms with van der Waals surface area (Å²) in [5.74, 6) is 0.230. The lowest BCUT2D eigenvalue weighted by Crippen LogP contribution is -2.30. The van der Waals surface area contributed by atoms with Crippen LogP contribution in [0.4, 0.5) is 11.4 Å². The maximum Gasteiger partial charge on any atom is 0.230 e. The minimum Gasteiger partial charge on any atom is -0.487 e. The summed E-state index contributed by atoms with van der Waals surface area (Å²) in [6.07, 6.45) is 2.71. The molecule has 0 saturated carbocycles. The number of pyridine rings is 1. The van der Waals surface area contributed by atoms with Crippen molar-refractivity contribution in [3.63, 3.8) is 0 Å². The molecular formula is C38H40N4O5S. The highest BCUT2D eigenvalue weighted by Gasteiger charge is 2.18. The van der Waals surface area contributed by atoms with Gasteiger partial charge in [-0.3, -0.25) is 19.4 Å². The Bertz CT molecular complexity index is 1870. The van der Waals surface area contributed by atoms with E-state index >= 15 is 0 Å². The molecule has 0 aliphatic heterocycles. The molecule has 9 nitrogen and oxygen atoms in total. The van der Waals surface area contributed by atoms with Crippen molar-refractivity contribution in [2.75, 3.05) is 29.4 Å². The Hall–Kier alpha value is -5.03. The topological polar surface area (TPSA) is 121 Å². The third-order valence-corrected chi connectivity index (χ3v) is 8.19. The Balaban J connectivity index is 1.28. The van der Waals surface area contributed by atoms with Crippen LogP contribution in [0.2, 0.25) is 0 Å². The summed E-state index contributed by atoms with van der Waals surface area (Å²) in [7, 11) is -3.61. The van der Waals surface area contributed by atoms with Crippen molar-refractivity contribution in [1.82, 2.24) is 9.88 Å². The molecule has 1 amide bonds. The summed E-state index contributed by atoms with van der Waals surface area (Å²) in [6.45, 7) is 1.79. The van der Waals surface area contributed by atoms with Gasteiger partial charge in [-0.1, -0.05) is 84.9 Å². The fraction of sp³-hybridized carbons (Fsp3) is 0.211. The van der Waals surface area contributed by atoms with Crippen molar-refractivity contribution in [2.45, 2.75) is 32.1 Å². The highest BCUT2D eigenvalue weighted by Crippen LogP contribution is 2.30. The predicted octanol–water partition coefficient (Wildman–Crippen LogP) is 5.99. The first-order valence-corrected chi connectivity index (χ1v) is 17.6. The Labute approximate surface area is 282 Å². The minimum absolute atomic E-state index is 0.138. The molecule has 3 N–H and O–H groups in total. The number of aliphatic hydroxyl groups is 1. The quantitative estimate of drug-likeness (QED) is 0.119. The van der Waals surface area contributed by atoms with Crippen LogP contribution in [0.15, 0.2) is 128 Å². The molecule has 0 fully saturated rings. The van der Waals surface area contributed by atoms with E-state index in [0.29, 0.717) is 43.1 Å². The third-order valence-electron chi connectivity index (χ3n) is 7.60. The van der Waals surface area contributed by atoms with Crippen LogP contribution in [0.1, 0.15) is 34.1 Å². The van der Waals surface area contributed by atoms with Crippen molar-refractivity contribution in [2.24, 2.45) is 0 Å². The zero-order chi connectivity index (χ0) is 33.8. The van der Waals surface area contributed by atoms with E-state index < -0.39 is 16.1 Å². The van der Waals surface area contributed by atoms with Crippen LogP contribution in [-0.2, 0) is 40.8 Å². The zero-order valence-electron chi connectivity index (χ0n) is 26.8. The van der Waals surface area contributed by atoms with E-state index in [4.69, 9.17) is 4.74 Å². The number of hydrogen-bond donors (Lipinski definition) is 3. The molecule has 5 rings (SSSR count). The summed E-state index contributed by atoms with van der Waals surface area (Å²) < 4.78 is 32.9. The first-order valence-electron chi connectivity index (χ1n) is 15.7. The number of para-hydroxylation sites is 1. The van der Waals surface area contributed by atoms with E-state index in [1.807, 2.05) is 103 Å². The van der Waals surface area contributed by atoms with Crippen LogP contribution in [0.3, 0.4) is 0 Å². The summed E-state index contributed by atoms with van der Waals surface area (Å²) in [6, 6.07) is 37.9. The van der Waals surface area contributed by atoms with Gasteiger partial charge >= 0.3 is 0 Å². The van der Waals surface area contributed by atoms with E-state index in [-0.39, 0.29) is 24.6 Å². The van der Waals surface area contributed by atoms with Crippen molar-refractivity contribution >= 4 is 27.3 Å². The third kappa shape index (κ3) is 11.0. The molecule has 1 aromatic heterocycles. The number of aliphatic hydroxyl groups excluding tert-OH is 1. The number of benzene rings is 4. The Morgan fingerprint density at radius 1 is 0.854 bits per heavy atom.